The first kappa shape index (κ1) is 15.8. The fraction of sp³-hybridized carbons (Fsp3) is 0.857. The number of nitrogens with zero attached hydrogens (tertiary/aromatic N) is 1. The van der Waals surface area contributed by atoms with Crippen LogP contribution < -0.4 is 5.32 Å². The van der Waals surface area contributed by atoms with Crippen LogP contribution in [-0.4, -0.2) is 42.1 Å². The second-order valence-corrected chi connectivity index (χ2v) is 5.59. The Hall–Kier alpha value is -1.26. The summed E-state index contributed by atoms with van der Waals surface area (Å²) in [5, 5.41) is 2.66. The molecule has 0 aliphatic carbocycles. The van der Waals surface area contributed by atoms with Crippen molar-refractivity contribution in [1.29, 1.82) is 0 Å². The molecule has 5 heteroatoms. The Labute approximate surface area is 115 Å². The topological polar surface area (TPSA) is 58.6 Å². The summed E-state index contributed by atoms with van der Waals surface area (Å²) in [5.74, 6) is 0.0501. The summed E-state index contributed by atoms with van der Waals surface area (Å²) in [4.78, 5) is 26.0. The number of methoxy groups -OCH3 is 1. The normalized spacial score (nSPS) is 24.4. The van der Waals surface area contributed by atoms with Crippen molar-refractivity contribution in [1.82, 2.24) is 10.2 Å². The highest BCUT2D eigenvalue weighted by Gasteiger charge is 2.38. The Bertz CT molecular complexity index is 331. The fourth-order valence-electron chi connectivity index (χ4n) is 2.73. The maximum Gasteiger partial charge on any atom is 0.407 e. The second kappa shape index (κ2) is 6.78. The molecule has 1 aliphatic heterocycles. The lowest BCUT2D eigenvalue weighted by Crippen LogP contribution is -2.54. The van der Waals surface area contributed by atoms with Gasteiger partial charge in [-0.05, 0) is 32.1 Å². The van der Waals surface area contributed by atoms with Gasteiger partial charge in [0.15, 0.2) is 0 Å². The summed E-state index contributed by atoms with van der Waals surface area (Å²) in [7, 11) is 1.31. The monoisotopic (exact) mass is 270 g/mol. The summed E-state index contributed by atoms with van der Waals surface area (Å²) in [6.45, 7) is 8.03. The van der Waals surface area contributed by atoms with E-state index in [2.05, 4.69) is 23.9 Å². The van der Waals surface area contributed by atoms with Crippen LogP contribution in [0.2, 0.25) is 0 Å². The zero-order valence-electron chi connectivity index (χ0n) is 12.6. The third kappa shape index (κ3) is 3.61. The number of hydrogen-bond donors (Lipinski definition) is 1. The molecule has 1 unspecified atom stereocenters. The van der Waals surface area contributed by atoms with Gasteiger partial charge in [0.05, 0.1) is 7.11 Å². The molecule has 1 heterocycles. The highest BCUT2D eigenvalue weighted by atomic mass is 16.5. The van der Waals surface area contributed by atoms with Gasteiger partial charge in [-0.3, -0.25) is 4.79 Å². The van der Waals surface area contributed by atoms with Crippen LogP contribution >= 0.6 is 0 Å². The van der Waals surface area contributed by atoms with E-state index in [9.17, 15) is 9.59 Å². The van der Waals surface area contributed by atoms with E-state index in [-0.39, 0.29) is 17.9 Å². The van der Waals surface area contributed by atoms with Crippen LogP contribution in [0, 0.1) is 5.92 Å². The van der Waals surface area contributed by atoms with Crippen LogP contribution in [-0.2, 0) is 9.53 Å². The Kier molecular flexibility index (Phi) is 5.63. The van der Waals surface area contributed by atoms with Crippen molar-refractivity contribution in [3.05, 3.63) is 0 Å². The van der Waals surface area contributed by atoms with E-state index < -0.39 is 12.1 Å². The molecule has 1 N–H and O–H groups in total. The van der Waals surface area contributed by atoms with Gasteiger partial charge >= 0.3 is 6.09 Å². The molecule has 19 heavy (non-hydrogen) atoms. The molecular formula is C14H26N2O3. The van der Waals surface area contributed by atoms with Gasteiger partial charge in [0.25, 0.3) is 0 Å². The Morgan fingerprint density at radius 1 is 1.37 bits per heavy atom. The van der Waals surface area contributed by atoms with Gasteiger partial charge in [0.1, 0.15) is 6.04 Å². The van der Waals surface area contributed by atoms with Gasteiger partial charge in [-0.2, -0.15) is 0 Å². The molecule has 0 aromatic carbocycles. The minimum atomic E-state index is -0.549. The Balaban J connectivity index is 2.83. The molecule has 2 amide bonds. The van der Waals surface area contributed by atoms with Crippen LogP contribution in [0.4, 0.5) is 4.79 Å². The molecule has 1 aliphatic rings. The number of rotatable bonds is 4. The lowest BCUT2D eigenvalue weighted by atomic mass is 10.0. The number of carbonyl (C=O) groups excluding carboxylic acids is 2. The summed E-state index contributed by atoms with van der Waals surface area (Å²) in [6, 6.07) is 0.0309. The number of alkyl carbamates (subject to hydrolysis) is 1. The van der Waals surface area contributed by atoms with E-state index in [1.165, 1.54) is 7.11 Å². The van der Waals surface area contributed by atoms with Crippen molar-refractivity contribution >= 4 is 12.0 Å². The zero-order chi connectivity index (χ0) is 14.6. The SMILES string of the molecule is CC[C@@H]1CC[C@H](C)N1C(=O)C(NC(=O)OC)C(C)C. The standard InChI is InChI=1S/C14H26N2O3/c1-6-11-8-7-10(4)16(11)13(17)12(9(2)3)15-14(18)19-5/h9-12H,6-8H2,1-5H3,(H,15,18)/t10-,11+,12?/m0/s1. The number of carbonyl (C=O) groups is 2. The van der Waals surface area contributed by atoms with E-state index in [1.54, 1.807) is 0 Å². The van der Waals surface area contributed by atoms with Gasteiger partial charge in [-0.1, -0.05) is 20.8 Å². The number of nitrogens with one attached hydrogen (secondary N) is 1. The summed E-state index contributed by atoms with van der Waals surface area (Å²) in [5.41, 5.74) is 0. The molecule has 0 aromatic heterocycles. The molecule has 1 rings (SSSR count). The molecule has 1 saturated heterocycles. The van der Waals surface area contributed by atoms with Crippen LogP contribution in [0.3, 0.4) is 0 Å². The molecular weight excluding hydrogens is 244 g/mol. The van der Waals surface area contributed by atoms with Gasteiger partial charge in [0, 0.05) is 12.1 Å². The molecule has 5 nitrogen and oxygen atoms in total. The van der Waals surface area contributed by atoms with Crippen LogP contribution in [0.1, 0.15) is 47.0 Å². The highest BCUT2D eigenvalue weighted by molar-refractivity contribution is 5.86. The first-order valence-corrected chi connectivity index (χ1v) is 7.09. The van der Waals surface area contributed by atoms with E-state index in [0.29, 0.717) is 6.04 Å². The van der Waals surface area contributed by atoms with Gasteiger partial charge in [-0.15, -0.1) is 0 Å². The average molecular weight is 270 g/mol. The number of ether oxygens (including phenoxy) is 1. The minimum absolute atomic E-state index is 0.0113. The van der Waals surface area contributed by atoms with Crippen LogP contribution in [0.5, 0.6) is 0 Å². The molecule has 0 radical (unpaired) electrons. The van der Waals surface area contributed by atoms with E-state index in [0.717, 1.165) is 19.3 Å². The molecule has 110 valence electrons. The third-order valence-corrected chi connectivity index (χ3v) is 3.90. The lowest BCUT2D eigenvalue weighted by molar-refractivity contribution is -0.137. The first-order valence-electron chi connectivity index (χ1n) is 7.09. The van der Waals surface area contributed by atoms with Crippen molar-refractivity contribution in [3.8, 4) is 0 Å². The smallest absolute Gasteiger partial charge is 0.407 e. The molecule has 0 spiro atoms. The van der Waals surface area contributed by atoms with E-state index in [1.807, 2.05) is 18.7 Å². The predicted molar refractivity (Wildman–Crippen MR) is 73.8 cm³/mol. The molecule has 1 fully saturated rings. The van der Waals surface area contributed by atoms with E-state index >= 15 is 0 Å². The van der Waals surface area contributed by atoms with Crippen LogP contribution in [0.15, 0.2) is 0 Å². The largest absolute Gasteiger partial charge is 0.453 e. The maximum absolute atomic E-state index is 12.7. The van der Waals surface area contributed by atoms with Gasteiger partial charge in [0.2, 0.25) is 5.91 Å². The second-order valence-electron chi connectivity index (χ2n) is 5.59. The predicted octanol–water partition coefficient (Wildman–Crippen LogP) is 2.16. The third-order valence-electron chi connectivity index (χ3n) is 3.90. The number of hydrogen-bond acceptors (Lipinski definition) is 3. The zero-order valence-corrected chi connectivity index (χ0v) is 12.6. The molecule has 0 aromatic rings. The Morgan fingerprint density at radius 2 is 2.00 bits per heavy atom. The van der Waals surface area contributed by atoms with Crippen LogP contribution in [0.25, 0.3) is 0 Å². The average Bonchev–Trinajstić information content (AvgIpc) is 2.75. The van der Waals surface area contributed by atoms with Crippen molar-refractivity contribution in [3.63, 3.8) is 0 Å². The Morgan fingerprint density at radius 3 is 2.47 bits per heavy atom. The minimum Gasteiger partial charge on any atom is -0.453 e. The summed E-state index contributed by atoms with van der Waals surface area (Å²) < 4.78 is 4.60. The molecule has 0 saturated carbocycles. The van der Waals surface area contributed by atoms with Gasteiger partial charge in [-0.25, -0.2) is 4.79 Å². The van der Waals surface area contributed by atoms with Crippen molar-refractivity contribution < 1.29 is 14.3 Å². The number of amides is 2. The summed E-state index contributed by atoms with van der Waals surface area (Å²) >= 11 is 0. The maximum atomic E-state index is 12.7. The quantitative estimate of drug-likeness (QED) is 0.851. The summed E-state index contributed by atoms with van der Waals surface area (Å²) in [6.07, 6.45) is 2.49. The van der Waals surface area contributed by atoms with Crippen molar-refractivity contribution in [2.75, 3.05) is 7.11 Å². The lowest BCUT2D eigenvalue weighted by Gasteiger charge is -2.33. The molecule has 0 bridgehead atoms. The van der Waals surface area contributed by atoms with Crippen molar-refractivity contribution in [2.45, 2.75) is 65.1 Å². The van der Waals surface area contributed by atoms with Gasteiger partial charge < -0.3 is 15.0 Å². The highest BCUT2D eigenvalue weighted by Crippen LogP contribution is 2.27. The van der Waals surface area contributed by atoms with E-state index in [4.69, 9.17) is 0 Å². The molecule has 3 atom stereocenters. The van der Waals surface area contributed by atoms with Crippen molar-refractivity contribution in [2.24, 2.45) is 5.92 Å². The first-order chi connectivity index (χ1) is 8.92. The fourth-order valence-corrected chi connectivity index (χ4v) is 2.73. The number of likely N-dealkylation sites (tertiary alicyclic amines) is 1.